The van der Waals surface area contributed by atoms with E-state index in [2.05, 4.69) is 5.43 Å². The molecule has 0 aromatic carbocycles. The Balaban J connectivity index is 2.20. The smallest absolute Gasteiger partial charge is 0.405 e. The van der Waals surface area contributed by atoms with Gasteiger partial charge in [-0.25, -0.2) is 9.80 Å². The Morgan fingerprint density at radius 1 is 1.13 bits per heavy atom. The van der Waals surface area contributed by atoms with Crippen molar-refractivity contribution in [3.8, 4) is 0 Å². The number of hydrogen-bond acceptors (Lipinski definition) is 3. The molecule has 1 saturated heterocycles. The minimum Gasteiger partial charge on any atom is -0.465 e. The molecular formula is C9H17N3O3. The number of hydrazine groups is 1. The number of nitrogens with one attached hydrogen (secondary N) is 2. The van der Waals surface area contributed by atoms with Gasteiger partial charge in [0.2, 0.25) is 0 Å². The molecule has 0 saturated carbocycles. The van der Waals surface area contributed by atoms with Crippen molar-refractivity contribution >= 4 is 12.0 Å². The van der Waals surface area contributed by atoms with Crippen LogP contribution in [0, 0.1) is 0 Å². The number of amides is 2. The molecule has 0 spiro atoms. The van der Waals surface area contributed by atoms with Crippen LogP contribution in [0.5, 0.6) is 0 Å². The summed E-state index contributed by atoms with van der Waals surface area (Å²) in [5, 5.41) is 12.2. The van der Waals surface area contributed by atoms with Crippen molar-refractivity contribution in [1.82, 2.24) is 15.8 Å². The summed E-state index contributed by atoms with van der Waals surface area (Å²) in [4.78, 5) is 21.4. The Hall–Kier alpha value is -1.30. The molecular weight excluding hydrogens is 198 g/mol. The van der Waals surface area contributed by atoms with E-state index in [1.165, 1.54) is 12.8 Å². The molecule has 6 heteroatoms. The van der Waals surface area contributed by atoms with Crippen LogP contribution in [0.4, 0.5) is 4.79 Å². The molecule has 0 bridgehead atoms. The van der Waals surface area contributed by atoms with Crippen molar-refractivity contribution in [2.24, 2.45) is 0 Å². The first-order valence-electron chi connectivity index (χ1n) is 5.20. The minimum absolute atomic E-state index is 0.189. The predicted molar refractivity (Wildman–Crippen MR) is 54.2 cm³/mol. The number of nitrogens with zero attached hydrogens (tertiary/aromatic N) is 1. The third-order valence-corrected chi connectivity index (χ3v) is 2.29. The molecule has 3 N–H and O–H groups in total. The van der Waals surface area contributed by atoms with Gasteiger partial charge in [0.1, 0.15) is 6.54 Å². The van der Waals surface area contributed by atoms with Gasteiger partial charge < -0.3 is 10.4 Å². The Morgan fingerprint density at radius 3 is 2.27 bits per heavy atom. The van der Waals surface area contributed by atoms with Crippen molar-refractivity contribution < 1.29 is 14.7 Å². The number of carbonyl (C=O) groups is 2. The van der Waals surface area contributed by atoms with E-state index in [4.69, 9.17) is 5.11 Å². The molecule has 15 heavy (non-hydrogen) atoms. The lowest BCUT2D eigenvalue weighted by Gasteiger charge is -2.20. The zero-order valence-corrected chi connectivity index (χ0v) is 8.66. The monoisotopic (exact) mass is 215 g/mol. The molecule has 1 aliphatic heterocycles. The van der Waals surface area contributed by atoms with Gasteiger partial charge in [0.25, 0.3) is 5.91 Å². The van der Waals surface area contributed by atoms with Gasteiger partial charge in [0.15, 0.2) is 0 Å². The molecule has 0 atom stereocenters. The third-order valence-electron chi connectivity index (χ3n) is 2.29. The summed E-state index contributed by atoms with van der Waals surface area (Å²) in [5.41, 5.74) is 2.68. The average molecular weight is 215 g/mol. The second kappa shape index (κ2) is 6.23. The normalized spacial score (nSPS) is 17.9. The Morgan fingerprint density at radius 2 is 1.73 bits per heavy atom. The van der Waals surface area contributed by atoms with Gasteiger partial charge in [-0.15, -0.1) is 0 Å². The van der Waals surface area contributed by atoms with E-state index in [9.17, 15) is 9.59 Å². The lowest BCUT2D eigenvalue weighted by atomic mass is 10.2. The van der Waals surface area contributed by atoms with Crippen molar-refractivity contribution in [2.45, 2.75) is 25.7 Å². The highest BCUT2D eigenvalue weighted by Crippen LogP contribution is 2.07. The second-order valence-corrected chi connectivity index (χ2v) is 3.59. The number of carbonyl (C=O) groups excluding carboxylic acids is 1. The molecule has 6 nitrogen and oxygen atoms in total. The number of hydrogen-bond donors (Lipinski definition) is 3. The van der Waals surface area contributed by atoms with E-state index in [1.807, 2.05) is 10.3 Å². The van der Waals surface area contributed by atoms with E-state index in [0.717, 1.165) is 25.9 Å². The highest BCUT2D eigenvalue weighted by molar-refractivity contribution is 5.81. The molecule has 86 valence electrons. The number of rotatable bonds is 3. The third kappa shape index (κ3) is 5.21. The van der Waals surface area contributed by atoms with Gasteiger partial charge in [0.05, 0.1) is 0 Å². The van der Waals surface area contributed by atoms with Crippen LogP contribution in [0.1, 0.15) is 25.7 Å². The molecule has 1 aliphatic rings. The first kappa shape index (κ1) is 11.8. The van der Waals surface area contributed by atoms with Crippen molar-refractivity contribution in [1.29, 1.82) is 0 Å². The summed E-state index contributed by atoms with van der Waals surface area (Å²) in [6.07, 6.45) is 3.36. The maximum absolute atomic E-state index is 11.2. The fraction of sp³-hybridized carbons (Fsp3) is 0.778. The fourth-order valence-corrected chi connectivity index (χ4v) is 1.55. The molecule has 2 amide bonds. The summed E-state index contributed by atoms with van der Waals surface area (Å²) in [7, 11) is 0. The molecule has 0 radical (unpaired) electrons. The molecule has 0 unspecified atom stereocenters. The van der Waals surface area contributed by atoms with E-state index in [1.54, 1.807) is 0 Å². The fourth-order valence-electron chi connectivity index (χ4n) is 1.55. The van der Waals surface area contributed by atoms with Crippen LogP contribution < -0.4 is 10.7 Å². The van der Waals surface area contributed by atoms with Gasteiger partial charge in [-0.3, -0.25) is 10.2 Å². The lowest BCUT2D eigenvalue weighted by molar-refractivity contribution is -0.124. The van der Waals surface area contributed by atoms with Crippen LogP contribution in [0.3, 0.4) is 0 Å². The summed E-state index contributed by atoms with van der Waals surface area (Å²) in [5.74, 6) is -0.306. The van der Waals surface area contributed by atoms with Crippen LogP contribution in [-0.2, 0) is 4.79 Å². The molecule has 0 aliphatic carbocycles. The van der Waals surface area contributed by atoms with Gasteiger partial charge in [-0.2, -0.15) is 0 Å². The first-order valence-corrected chi connectivity index (χ1v) is 5.20. The zero-order valence-electron chi connectivity index (χ0n) is 8.66. The Kier molecular flexibility index (Phi) is 4.89. The van der Waals surface area contributed by atoms with E-state index in [0.29, 0.717) is 0 Å². The standard InChI is InChI=1S/C9H17N3O3/c13-8(7-10-9(14)15)11-12-5-3-1-2-4-6-12/h10H,1-7H2,(H,11,13)(H,14,15). The summed E-state index contributed by atoms with van der Waals surface area (Å²) < 4.78 is 0. The molecule has 0 aromatic heterocycles. The average Bonchev–Trinajstić information content (AvgIpc) is 2.43. The highest BCUT2D eigenvalue weighted by atomic mass is 16.4. The summed E-state index contributed by atoms with van der Waals surface area (Å²) in [6, 6.07) is 0. The second-order valence-electron chi connectivity index (χ2n) is 3.59. The summed E-state index contributed by atoms with van der Waals surface area (Å²) >= 11 is 0. The number of carboxylic acid groups (broad SMARTS) is 1. The van der Waals surface area contributed by atoms with Crippen molar-refractivity contribution in [3.05, 3.63) is 0 Å². The van der Waals surface area contributed by atoms with Gasteiger partial charge >= 0.3 is 6.09 Å². The van der Waals surface area contributed by atoms with Crippen LogP contribution in [0.25, 0.3) is 0 Å². The SMILES string of the molecule is O=C(O)NCC(=O)NN1CCCCCC1. The Labute approximate surface area is 88.6 Å². The van der Waals surface area contributed by atoms with Gasteiger partial charge in [-0.05, 0) is 12.8 Å². The molecule has 1 rings (SSSR count). The molecule has 1 fully saturated rings. The topological polar surface area (TPSA) is 81.7 Å². The Bertz CT molecular complexity index is 225. The largest absolute Gasteiger partial charge is 0.465 e. The maximum Gasteiger partial charge on any atom is 0.405 e. The summed E-state index contributed by atoms with van der Waals surface area (Å²) in [6.45, 7) is 1.50. The van der Waals surface area contributed by atoms with Crippen molar-refractivity contribution in [3.63, 3.8) is 0 Å². The zero-order chi connectivity index (χ0) is 11.1. The van der Waals surface area contributed by atoms with Crippen molar-refractivity contribution in [2.75, 3.05) is 19.6 Å². The van der Waals surface area contributed by atoms with Crippen LogP contribution >= 0.6 is 0 Å². The maximum atomic E-state index is 11.2. The van der Waals surface area contributed by atoms with Crippen LogP contribution in [-0.4, -0.2) is 41.8 Å². The van der Waals surface area contributed by atoms with Crippen LogP contribution in [0.2, 0.25) is 0 Å². The highest BCUT2D eigenvalue weighted by Gasteiger charge is 2.11. The molecule has 0 aromatic rings. The van der Waals surface area contributed by atoms with E-state index >= 15 is 0 Å². The predicted octanol–water partition coefficient (Wildman–Crippen LogP) is 0.161. The van der Waals surface area contributed by atoms with Gasteiger partial charge in [-0.1, -0.05) is 12.8 Å². The lowest BCUT2D eigenvalue weighted by Crippen LogP contribution is -2.46. The first-order chi connectivity index (χ1) is 7.18. The van der Waals surface area contributed by atoms with Crippen LogP contribution in [0.15, 0.2) is 0 Å². The quantitative estimate of drug-likeness (QED) is 0.626. The van der Waals surface area contributed by atoms with E-state index < -0.39 is 6.09 Å². The van der Waals surface area contributed by atoms with E-state index in [-0.39, 0.29) is 12.5 Å². The minimum atomic E-state index is -1.18. The molecule has 1 heterocycles. The van der Waals surface area contributed by atoms with Gasteiger partial charge in [0, 0.05) is 13.1 Å².